The van der Waals surface area contributed by atoms with Crippen LogP contribution in [-0.4, -0.2) is 25.9 Å². The fourth-order valence-electron chi connectivity index (χ4n) is 1.92. The van der Waals surface area contributed by atoms with Gasteiger partial charge in [-0.1, -0.05) is 0 Å². The number of carbonyl (C=O) groups excluding carboxylic acids is 1. The van der Waals surface area contributed by atoms with E-state index in [1.807, 2.05) is 31.6 Å². The van der Waals surface area contributed by atoms with Gasteiger partial charge in [-0.15, -0.1) is 0 Å². The van der Waals surface area contributed by atoms with Gasteiger partial charge in [0.1, 0.15) is 4.60 Å². The molecule has 0 bridgehead atoms. The second-order valence-electron chi connectivity index (χ2n) is 4.42. The number of hydrogen-bond donors (Lipinski definition) is 2. The van der Waals surface area contributed by atoms with Gasteiger partial charge in [0.05, 0.1) is 16.2 Å². The van der Waals surface area contributed by atoms with E-state index in [1.165, 1.54) is 0 Å². The largest absolute Gasteiger partial charge is 0.344 e. The van der Waals surface area contributed by atoms with Crippen molar-refractivity contribution in [2.45, 2.75) is 33.4 Å². The lowest BCUT2D eigenvalue weighted by molar-refractivity contribution is 0.0934. The number of aryl methyl sites for hydroxylation is 2. The zero-order valence-corrected chi connectivity index (χ0v) is 14.5. The number of carbonyl (C=O) groups is 1. The van der Waals surface area contributed by atoms with E-state index in [2.05, 4.69) is 52.5 Å². The summed E-state index contributed by atoms with van der Waals surface area (Å²) in [6.07, 6.45) is 1.95. The van der Waals surface area contributed by atoms with E-state index in [9.17, 15) is 4.79 Å². The molecule has 2 aromatic rings. The molecule has 2 heterocycles. The van der Waals surface area contributed by atoms with Gasteiger partial charge in [-0.25, -0.2) is 0 Å². The molecule has 108 valence electrons. The Labute approximate surface area is 133 Å². The molecule has 0 radical (unpaired) electrons. The summed E-state index contributed by atoms with van der Waals surface area (Å²) >= 11 is 6.57. The van der Waals surface area contributed by atoms with Crippen LogP contribution in [0.5, 0.6) is 0 Å². The minimum atomic E-state index is -0.241. The highest BCUT2D eigenvalue weighted by Gasteiger charge is 2.20. The molecule has 0 aliphatic rings. The second-order valence-corrected chi connectivity index (χ2v) is 6.01. The van der Waals surface area contributed by atoms with Gasteiger partial charge in [0.15, 0.2) is 5.69 Å². The molecular weight excluding hydrogens is 390 g/mol. The first-order valence-corrected chi connectivity index (χ1v) is 7.76. The Morgan fingerprint density at radius 3 is 2.75 bits per heavy atom. The highest BCUT2D eigenvalue weighted by molar-refractivity contribution is 9.13. The Morgan fingerprint density at radius 2 is 2.25 bits per heavy atom. The van der Waals surface area contributed by atoms with Crippen molar-refractivity contribution in [1.29, 1.82) is 0 Å². The van der Waals surface area contributed by atoms with Crippen LogP contribution >= 0.6 is 31.9 Å². The second kappa shape index (κ2) is 6.09. The van der Waals surface area contributed by atoms with Crippen molar-refractivity contribution in [3.8, 4) is 0 Å². The molecule has 0 aliphatic heterocycles. The lowest BCUT2D eigenvalue weighted by atomic mass is 10.1. The molecule has 0 aromatic carbocycles. The summed E-state index contributed by atoms with van der Waals surface area (Å²) < 4.78 is 3.11. The molecule has 0 saturated heterocycles. The molecule has 1 amide bonds. The first-order chi connectivity index (χ1) is 9.43. The monoisotopic (exact) mass is 403 g/mol. The van der Waals surface area contributed by atoms with Gasteiger partial charge in [0, 0.05) is 18.3 Å². The quantitative estimate of drug-likeness (QED) is 0.822. The van der Waals surface area contributed by atoms with Crippen LogP contribution in [0.2, 0.25) is 0 Å². The Hall–Kier alpha value is -1.15. The summed E-state index contributed by atoms with van der Waals surface area (Å²) in [5, 5.41) is 14.0. The number of halogens is 2. The van der Waals surface area contributed by atoms with Crippen LogP contribution in [0.15, 0.2) is 15.3 Å². The number of aromatic nitrogens is 4. The Balaban J connectivity index is 2.15. The zero-order chi connectivity index (χ0) is 14.9. The van der Waals surface area contributed by atoms with Crippen LogP contribution in [0, 0.1) is 6.92 Å². The molecule has 1 unspecified atom stereocenters. The van der Waals surface area contributed by atoms with Crippen molar-refractivity contribution in [2.75, 3.05) is 0 Å². The lowest BCUT2D eigenvalue weighted by Crippen LogP contribution is -2.27. The number of hydrogen-bond acceptors (Lipinski definition) is 3. The third kappa shape index (κ3) is 2.95. The first kappa shape index (κ1) is 15.2. The Morgan fingerprint density at radius 1 is 1.55 bits per heavy atom. The van der Waals surface area contributed by atoms with Crippen LogP contribution < -0.4 is 5.32 Å². The zero-order valence-electron chi connectivity index (χ0n) is 11.4. The fraction of sp³-hybridized carbons (Fsp3) is 0.417. The SMILES string of the molecule is CCn1cc(C(C)NC(=O)c2n[nH]c(Br)c2Br)c(C)n1. The summed E-state index contributed by atoms with van der Waals surface area (Å²) in [6.45, 7) is 6.69. The first-order valence-electron chi connectivity index (χ1n) is 6.18. The van der Waals surface area contributed by atoms with Crippen LogP contribution in [0.25, 0.3) is 0 Å². The van der Waals surface area contributed by atoms with Gasteiger partial charge in [-0.3, -0.25) is 14.6 Å². The number of amides is 1. The molecule has 2 rings (SSSR count). The normalized spacial score (nSPS) is 12.4. The summed E-state index contributed by atoms with van der Waals surface area (Å²) in [6, 6.07) is -0.134. The summed E-state index contributed by atoms with van der Waals surface area (Å²) in [7, 11) is 0. The standard InChI is InChI=1S/C12H15Br2N5O/c1-4-19-5-8(7(3)18-19)6(2)15-12(20)10-9(13)11(14)17-16-10/h5-6H,4H2,1-3H3,(H,15,20)(H,16,17). The van der Waals surface area contributed by atoms with E-state index in [0.29, 0.717) is 14.8 Å². The predicted molar refractivity (Wildman–Crippen MR) is 82.5 cm³/mol. The predicted octanol–water partition coefficient (Wildman–Crippen LogP) is 2.95. The molecular formula is C12H15Br2N5O. The van der Waals surface area contributed by atoms with E-state index in [-0.39, 0.29) is 11.9 Å². The third-order valence-electron chi connectivity index (χ3n) is 3.00. The summed E-state index contributed by atoms with van der Waals surface area (Å²) in [5.74, 6) is -0.241. The number of rotatable bonds is 4. The van der Waals surface area contributed by atoms with E-state index in [1.54, 1.807) is 0 Å². The molecule has 2 aromatic heterocycles. The average Bonchev–Trinajstić information content (AvgIpc) is 2.94. The molecule has 0 aliphatic carbocycles. The van der Waals surface area contributed by atoms with Crippen molar-refractivity contribution in [1.82, 2.24) is 25.3 Å². The van der Waals surface area contributed by atoms with Gasteiger partial charge >= 0.3 is 0 Å². The lowest BCUT2D eigenvalue weighted by Gasteiger charge is -2.12. The number of H-pyrrole nitrogens is 1. The smallest absolute Gasteiger partial charge is 0.273 e. The molecule has 20 heavy (non-hydrogen) atoms. The van der Waals surface area contributed by atoms with E-state index >= 15 is 0 Å². The molecule has 0 saturated carbocycles. The van der Waals surface area contributed by atoms with Gasteiger partial charge in [0.25, 0.3) is 5.91 Å². The van der Waals surface area contributed by atoms with Crippen molar-refractivity contribution in [3.63, 3.8) is 0 Å². The Bertz CT molecular complexity index is 634. The maximum Gasteiger partial charge on any atom is 0.273 e. The topological polar surface area (TPSA) is 75.6 Å². The summed E-state index contributed by atoms with van der Waals surface area (Å²) in [5.41, 5.74) is 2.25. The van der Waals surface area contributed by atoms with Crippen molar-refractivity contribution in [2.24, 2.45) is 0 Å². The maximum atomic E-state index is 12.2. The van der Waals surface area contributed by atoms with Gasteiger partial charge in [-0.05, 0) is 52.6 Å². The van der Waals surface area contributed by atoms with E-state index in [0.717, 1.165) is 17.8 Å². The van der Waals surface area contributed by atoms with Crippen molar-refractivity contribution >= 4 is 37.8 Å². The van der Waals surface area contributed by atoms with Crippen LogP contribution in [0.1, 0.15) is 41.6 Å². The third-order valence-corrected chi connectivity index (χ3v) is 4.88. The number of nitrogens with one attached hydrogen (secondary N) is 2. The molecule has 0 fully saturated rings. The number of aromatic amines is 1. The highest BCUT2D eigenvalue weighted by atomic mass is 79.9. The highest BCUT2D eigenvalue weighted by Crippen LogP contribution is 2.24. The van der Waals surface area contributed by atoms with Gasteiger partial charge in [-0.2, -0.15) is 10.2 Å². The fourth-order valence-corrected chi connectivity index (χ4v) is 2.55. The summed E-state index contributed by atoms with van der Waals surface area (Å²) in [4.78, 5) is 12.2. The minimum Gasteiger partial charge on any atom is -0.344 e. The van der Waals surface area contributed by atoms with Crippen molar-refractivity contribution in [3.05, 3.63) is 32.2 Å². The molecule has 1 atom stereocenters. The minimum absolute atomic E-state index is 0.134. The van der Waals surface area contributed by atoms with E-state index in [4.69, 9.17) is 0 Å². The number of nitrogens with zero attached hydrogens (tertiary/aromatic N) is 3. The molecule has 6 nitrogen and oxygen atoms in total. The maximum absolute atomic E-state index is 12.2. The van der Waals surface area contributed by atoms with Crippen LogP contribution in [-0.2, 0) is 6.54 Å². The molecule has 8 heteroatoms. The van der Waals surface area contributed by atoms with E-state index < -0.39 is 0 Å². The molecule has 2 N–H and O–H groups in total. The molecule has 0 spiro atoms. The Kier molecular flexibility index (Phi) is 4.64. The van der Waals surface area contributed by atoms with Gasteiger partial charge in [0.2, 0.25) is 0 Å². The van der Waals surface area contributed by atoms with Crippen LogP contribution in [0.4, 0.5) is 0 Å². The van der Waals surface area contributed by atoms with Crippen LogP contribution in [0.3, 0.4) is 0 Å². The van der Waals surface area contributed by atoms with Gasteiger partial charge < -0.3 is 5.32 Å². The average molecular weight is 405 g/mol. The van der Waals surface area contributed by atoms with Crippen molar-refractivity contribution < 1.29 is 4.79 Å².